The number of halogens is 5. The molecule has 22 heavy (non-hydrogen) atoms. The summed E-state index contributed by atoms with van der Waals surface area (Å²) in [5.41, 5.74) is -0.166. The zero-order chi connectivity index (χ0) is 14.8. The van der Waals surface area contributed by atoms with Gasteiger partial charge in [0.05, 0.1) is 11.6 Å². The van der Waals surface area contributed by atoms with E-state index in [0.717, 1.165) is 12.1 Å². The van der Waals surface area contributed by atoms with Gasteiger partial charge in [0.15, 0.2) is 0 Å². The monoisotopic (exact) mass is 357 g/mol. The van der Waals surface area contributed by atoms with E-state index in [9.17, 15) is 18.3 Å². The molecule has 2 N–H and O–H groups in total. The highest BCUT2D eigenvalue weighted by Gasteiger charge is 2.46. The molecule has 0 unspecified atom stereocenters. The molecule has 0 radical (unpaired) electrons. The van der Waals surface area contributed by atoms with Crippen molar-refractivity contribution in [2.45, 2.75) is 12.2 Å². The summed E-state index contributed by atoms with van der Waals surface area (Å²) in [6.07, 6.45) is -4.51. The highest BCUT2D eigenvalue weighted by molar-refractivity contribution is 5.85. The third kappa shape index (κ3) is 4.65. The second-order valence-corrected chi connectivity index (χ2v) is 4.62. The van der Waals surface area contributed by atoms with E-state index in [1.54, 1.807) is 6.07 Å². The lowest BCUT2D eigenvalue weighted by molar-refractivity contribution is -0.188. The molecule has 1 aromatic rings. The van der Waals surface area contributed by atoms with E-state index in [1.807, 2.05) is 0 Å². The molecule has 124 valence electrons. The smallest absolute Gasteiger partial charge is 0.408 e. The minimum Gasteiger partial charge on any atom is -0.508 e. The summed E-state index contributed by atoms with van der Waals surface area (Å²) >= 11 is 0. The van der Waals surface area contributed by atoms with E-state index < -0.39 is 18.0 Å². The summed E-state index contributed by atoms with van der Waals surface area (Å²) < 4.78 is 40.0. The molecule has 1 aromatic carbocycles. The average Bonchev–Trinajstić information content (AvgIpc) is 2.41. The Morgan fingerprint density at radius 3 is 2.32 bits per heavy atom. The summed E-state index contributed by atoms with van der Waals surface area (Å²) in [6, 6.07) is 3.44. The van der Waals surface area contributed by atoms with Gasteiger partial charge < -0.3 is 10.4 Å². The van der Waals surface area contributed by atoms with Crippen molar-refractivity contribution in [2.24, 2.45) is 0 Å². The van der Waals surface area contributed by atoms with Crippen LogP contribution in [0.1, 0.15) is 17.2 Å². The molecule has 1 saturated heterocycles. The van der Waals surface area contributed by atoms with E-state index in [2.05, 4.69) is 5.32 Å². The first-order chi connectivity index (χ1) is 9.43. The van der Waals surface area contributed by atoms with Gasteiger partial charge in [-0.1, -0.05) is 0 Å². The van der Waals surface area contributed by atoms with Gasteiger partial charge in [-0.05, 0) is 18.2 Å². The molecular weight excluding hydrogens is 342 g/mol. The number of phenolic OH excluding ortho intramolecular Hbond substituents is 1. The van der Waals surface area contributed by atoms with E-state index in [1.165, 1.54) is 11.0 Å². The average molecular weight is 358 g/mol. The number of phenols is 1. The van der Waals surface area contributed by atoms with Gasteiger partial charge in [0, 0.05) is 31.7 Å². The fourth-order valence-corrected chi connectivity index (χ4v) is 2.36. The largest absolute Gasteiger partial charge is 0.508 e. The maximum Gasteiger partial charge on any atom is 0.408 e. The quantitative estimate of drug-likeness (QED) is 0.854. The Bertz CT molecular complexity index is 528. The van der Waals surface area contributed by atoms with Gasteiger partial charge >= 0.3 is 6.18 Å². The number of hydrogen-bond donors (Lipinski definition) is 2. The van der Waals surface area contributed by atoms with E-state index in [4.69, 9.17) is 5.26 Å². The normalized spacial score (nSPS) is 16.8. The molecule has 0 spiro atoms. The van der Waals surface area contributed by atoms with Crippen LogP contribution in [0.5, 0.6) is 5.75 Å². The predicted molar refractivity (Wildman–Crippen MR) is 80.6 cm³/mol. The maximum atomic E-state index is 13.3. The fraction of sp³-hybridized carbons (Fsp3) is 0.462. The Balaban J connectivity index is 0.00000220. The number of nitrogens with zero attached hydrogens (tertiary/aromatic N) is 2. The molecule has 0 aromatic heterocycles. The van der Waals surface area contributed by atoms with Crippen LogP contribution < -0.4 is 5.32 Å². The number of piperazine rings is 1. The number of rotatable bonds is 2. The summed E-state index contributed by atoms with van der Waals surface area (Å²) in [5, 5.41) is 21.5. The van der Waals surface area contributed by atoms with E-state index >= 15 is 0 Å². The lowest BCUT2D eigenvalue weighted by atomic mass is 10.0. The Morgan fingerprint density at radius 1 is 1.23 bits per heavy atom. The Kier molecular flexibility index (Phi) is 7.98. The van der Waals surface area contributed by atoms with Crippen LogP contribution in [0.2, 0.25) is 0 Å². The van der Waals surface area contributed by atoms with Crippen molar-refractivity contribution in [3.05, 3.63) is 29.3 Å². The van der Waals surface area contributed by atoms with Gasteiger partial charge in [0.1, 0.15) is 11.8 Å². The lowest BCUT2D eigenvalue weighted by Crippen LogP contribution is -2.49. The second-order valence-electron chi connectivity index (χ2n) is 4.62. The van der Waals surface area contributed by atoms with Crippen molar-refractivity contribution >= 4 is 24.8 Å². The molecule has 1 aliphatic rings. The van der Waals surface area contributed by atoms with Crippen molar-refractivity contribution in [3.8, 4) is 11.8 Å². The molecule has 1 fully saturated rings. The third-order valence-electron chi connectivity index (χ3n) is 3.28. The summed E-state index contributed by atoms with van der Waals surface area (Å²) in [7, 11) is 0. The number of nitriles is 1. The van der Waals surface area contributed by atoms with Crippen molar-refractivity contribution < 1.29 is 18.3 Å². The molecule has 1 atom stereocenters. The summed E-state index contributed by atoms with van der Waals surface area (Å²) in [5.74, 6) is -0.440. The lowest BCUT2D eigenvalue weighted by Gasteiger charge is -2.36. The summed E-state index contributed by atoms with van der Waals surface area (Å²) in [4.78, 5) is 1.27. The molecule has 0 amide bonds. The third-order valence-corrected chi connectivity index (χ3v) is 3.28. The Hall–Kier alpha value is -1.20. The molecule has 2 rings (SSSR count). The number of benzene rings is 1. The topological polar surface area (TPSA) is 59.3 Å². The van der Waals surface area contributed by atoms with Crippen LogP contribution in [-0.4, -0.2) is 42.4 Å². The summed E-state index contributed by atoms with van der Waals surface area (Å²) in [6.45, 7) is 1.40. The van der Waals surface area contributed by atoms with E-state index in [0.29, 0.717) is 13.1 Å². The number of hydrogen-bond acceptors (Lipinski definition) is 4. The van der Waals surface area contributed by atoms with E-state index in [-0.39, 0.29) is 49.0 Å². The molecule has 4 nitrogen and oxygen atoms in total. The minimum atomic E-state index is -4.51. The molecule has 0 aliphatic carbocycles. The number of alkyl halides is 3. The van der Waals surface area contributed by atoms with Crippen LogP contribution in [0.25, 0.3) is 0 Å². The highest BCUT2D eigenvalue weighted by Crippen LogP contribution is 2.41. The van der Waals surface area contributed by atoms with Crippen molar-refractivity contribution in [2.75, 3.05) is 26.2 Å². The maximum absolute atomic E-state index is 13.3. The van der Waals surface area contributed by atoms with Crippen molar-refractivity contribution in [1.29, 1.82) is 5.26 Å². The second kappa shape index (κ2) is 8.44. The minimum absolute atomic E-state index is 0. The van der Waals surface area contributed by atoms with Crippen molar-refractivity contribution in [1.82, 2.24) is 10.2 Å². The molecular formula is C13H16Cl2F3N3O. The number of nitrogens with one attached hydrogen (secondary N) is 1. The molecule has 9 heteroatoms. The van der Waals surface area contributed by atoms with Crippen molar-refractivity contribution in [3.63, 3.8) is 0 Å². The van der Waals surface area contributed by atoms with Crippen LogP contribution in [0.4, 0.5) is 13.2 Å². The Labute approximate surface area is 138 Å². The van der Waals surface area contributed by atoms with Gasteiger partial charge in [-0.15, -0.1) is 24.8 Å². The standard InChI is InChI=1S/C13H14F3N3O.2ClH/c14-13(15,16)12(19-5-3-18-4-6-19)10-7-9(8-17)1-2-11(10)20;;/h1-2,7,12,18,20H,3-6H2;2*1H/t12-;;/m0../s1. The molecule has 1 heterocycles. The first kappa shape index (κ1) is 20.8. The molecule has 1 aliphatic heterocycles. The predicted octanol–water partition coefficient (Wildman–Crippen LogP) is 2.62. The Morgan fingerprint density at radius 2 is 1.82 bits per heavy atom. The van der Waals surface area contributed by atoms with Crippen LogP contribution >= 0.6 is 24.8 Å². The van der Waals surface area contributed by atoms with Gasteiger partial charge in [0.2, 0.25) is 0 Å². The zero-order valence-electron chi connectivity index (χ0n) is 11.4. The van der Waals surface area contributed by atoms with Gasteiger partial charge in [-0.25, -0.2) is 0 Å². The van der Waals surface area contributed by atoms with Crippen LogP contribution in [0, 0.1) is 11.3 Å². The van der Waals surface area contributed by atoms with Gasteiger partial charge in [-0.2, -0.15) is 18.4 Å². The van der Waals surface area contributed by atoms with Crippen LogP contribution in [0.15, 0.2) is 18.2 Å². The first-order valence-electron chi connectivity index (χ1n) is 6.18. The SMILES string of the molecule is Cl.Cl.N#Cc1ccc(O)c([C@H](N2CCNCC2)C(F)(F)F)c1. The number of aromatic hydroxyl groups is 1. The van der Waals surface area contributed by atoms with Crippen LogP contribution in [-0.2, 0) is 0 Å². The highest BCUT2D eigenvalue weighted by atomic mass is 35.5. The van der Waals surface area contributed by atoms with Gasteiger partial charge in [0.25, 0.3) is 0 Å². The molecule has 0 saturated carbocycles. The first-order valence-corrected chi connectivity index (χ1v) is 6.18. The fourth-order valence-electron chi connectivity index (χ4n) is 2.36. The zero-order valence-corrected chi connectivity index (χ0v) is 13.1. The molecule has 0 bridgehead atoms. The van der Waals surface area contributed by atoms with Crippen LogP contribution in [0.3, 0.4) is 0 Å². The van der Waals surface area contributed by atoms with Gasteiger partial charge in [-0.3, -0.25) is 4.90 Å².